The van der Waals surface area contributed by atoms with E-state index in [2.05, 4.69) is 15.2 Å². The van der Waals surface area contributed by atoms with Gasteiger partial charge < -0.3 is 4.90 Å². The van der Waals surface area contributed by atoms with Gasteiger partial charge in [0.15, 0.2) is 5.65 Å². The fourth-order valence-electron chi connectivity index (χ4n) is 3.75. The molecule has 1 atom stereocenters. The molecule has 1 fully saturated rings. The Labute approximate surface area is 165 Å². The number of nitrogens with zero attached hydrogens (tertiary/aromatic N) is 6. The number of hydrogen-bond donors (Lipinski definition) is 0. The number of alkyl halides is 3. The van der Waals surface area contributed by atoms with Crippen LogP contribution in [0.3, 0.4) is 0 Å². The van der Waals surface area contributed by atoms with Crippen LogP contribution in [0.2, 0.25) is 0 Å². The van der Waals surface area contributed by atoms with Crippen molar-refractivity contribution in [3.63, 3.8) is 0 Å². The molecule has 0 saturated carbocycles. The van der Waals surface area contributed by atoms with Gasteiger partial charge in [0.25, 0.3) is 0 Å². The Balaban J connectivity index is 1.62. The molecule has 3 aromatic rings. The zero-order valence-electron chi connectivity index (χ0n) is 15.9. The lowest BCUT2D eigenvalue weighted by Crippen LogP contribution is -2.31. The van der Waals surface area contributed by atoms with Gasteiger partial charge in [-0.05, 0) is 31.4 Å². The lowest BCUT2D eigenvalue weighted by molar-refractivity contribution is -0.142. The molecule has 4 heterocycles. The number of fused-ring (bicyclic) bond motifs is 1. The normalized spacial score (nSPS) is 17.4. The quantitative estimate of drug-likeness (QED) is 0.652. The van der Waals surface area contributed by atoms with Crippen LogP contribution in [0.15, 0.2) is 30.6 Å². The number of rotatable bonds is 5. The number of halogens is 3. The molecule has 0 unspecified atom stereocenters. The van der Waals surface area contributed by atoms with Crippen molar-refractivity contribution >= 4 is 11.6 Å². The lowest BCUT2D eigenvalue weighted by Gasteiger charge is -2.23. The zero-order chi connectivity index (χ0) is 20.6. The SMILES string of the molecule is CCc1cc(C(F)(F)F)n2nc([C@@H]3CCCN3C(=O)CCn3cccn3)cc2n1. The van der Waals surface area contributed by atoms with E-state index in [1.165, 1.54) is 0 Å². The van der Waals surface area contributed by atoms with Gasteiger partial charge in [-0.15, -0.1) is 0 Å². The minimum absolute atomic E-state index is 0.0571. The highest BCUT2D eigenvalue weighted by atomic mass is 19.4. The summed E-state index contributed by atoms with van der Waals surface area (Å²) in [7, 11) is 0. The predicted molar refractivity (Wildman–Crippen MR) is 97.9 cm³/mol. The molecule has 0 spiro atoms. The Bertz CT molecular complexity index is 1010. The second kappa shape index (κ2) is 7.49. The highest BCUT2D eigenvalue weighted by Gasteiger charge is 2.37. The minimum Gasteiger partial charge on any atom is -0.334 e. The van der Waals surface area contributed by atoms with E-state index in [0.29, 0.717) is 37.3 Å². The number of amides is 1. The van der Waals surface area contributed by atoms with Crippen molar-refractivity contribution in [3.8, 4) is 0 Å². The van der Waals surface area contributed by atoms with Crippen LogP contribution >= 0.6 is 0 Å². The Morgan fingerprint density at radius 2 is 2.14 bits per heavy atom. The molecule has 3 aromatic heterocycles. The fraction of sp³-hybridized carbons (Fsp3) is 0.474. The summed E-state index contributed by atoms with van der Waals surface area (Å²) >= 11 is 0. The van der Waals surface area contributed by atoms with Crippen molar-refractivity contribution in [2.75, 3.05) is 6.54 Å². The third-order valence-corrected chi connectivity index (χ3v) is 5.18. The fourth-order valence-corrected chi connectivity index (χ4v) is 3.75. The summed E-state index contributed by atoms with van der Waals surface area (Å²) in [6.07, 6.45) is 1.01. The first kappa shape index (κ1) is 19.4. The van der Waals surface area contributed by atoms with Gasteiger partial charge in [0.05, 0.1) is 11.7 Å². The lowest BCUT2D eigenvalue weighted by atomic mass is 10.1. The average molecular weight is 406 g/mol. The van der Waals surface area contributed by atoms with Gasteiger partial charge in [0.1, 0.15) is 5.69 Å². The van der Waals surface area contributed by atoms with Gasteiger partial charge in [0.2, 0.25) is 5.91 Å². The largest absolute Gasteiger partial charge is 0.433 e. The second-order valence-corrected chi connectivity index (χ2v) is 7.09. The highest BCUT2D eigenvalue weighted by Crippen LogP contribution is 2.34. The van der Waals surface area contributed by atoms with Crippen molar-refractivity contribution in [1.82, 2.24) is 29.3 Å². The molecule has 1 saturated heterocycles. The highest BCUT2D eigenvalue weighted by molar-refractivity contribution is 5.77. The summed E-state index contributed by atoms with van der Waals surface area (Å²) in [4.78, 5) is 18.7. The third-order valence-electron chi connectivity index (χ3n) is 5.18. The van der Waals surface area contributed by atoms with E-state index in [1.54, 1.807) is 41.0 Å². The third kappa shape index (κ3) is 3.83. The average Bonchev–Trinajstić information content (AvgIpc) is 3.43. The number of carbonyl (C=O) groups is 1. The van der Waals surface area contributed by atoms with Crippen molar-refractivity contribution in [1.29, 1.82) is 0 Å². The maximum Gasteiger partial charge on any atom is 0.433 e. The maximum absolute atomic E-state index is 13.5. The summed E-state index contributed by atoms with van der Waals surface area (Å²) in [5, 5.41) is 8.29. The molecule has 7 nitrogen and oxygen atoms in total. The smallest absolute Gasteiger partial charge is 0.334 e. The van der Waals surface area contributed by atoms with Crippen molar-refractivity contribution in [3.05, 3.63) is 47.7 Å². The van der Waals surface area contributed by atoms with Gasteiger partial charge in [0, 0.05) is 43.7 Å². The van der Waals surface area contributed by atoms with Crippen LogP contribution in [0.1, 0.15) is 49.3 Å². The van der Waals surface area contributed by atoms with Crippen molar-refractivity contribution < 1.29 is 18.0 Å². The van der Waals surface area contributed by atoms with E-state index in [4.69, 9.17) is 0 Å². The Morgan fingerprint density at radius 3 is 2.83 bits per heavy atom. The van der Waals surface area contributed by atoms with Gasteiger partial charge in [-0.2, -0.15) is 23.4 Å². The summed E-state index contributed by atoms with van der Waals surface area (Å²) in [5.74, 6) is -0.0571. The van der Waals surface area contributed by atoms with E-state index >= 15 is 0 Å². The summed E-state index contributed by atoms with van der Waals surface area (Å²) in [6.45, 7) is 2.78. The van der Waals surface area contributed by atoms with E-state index in [0.717, 1.165) is 17.0 Å². The Kier molecular flexibility index (Phi) is 5.01. The predicted octanol–water partition coefficient (Wildman–Crippen LogP) is 3.26. The van der Waals surface area contributed by atoms with Crippen LogP contribution in [0, 0.1) is 0 Å². The van der Waals surface area contributed by atoms with Gasteiger partial charge in [-0.3, -0.25) is 9.48 Å². The molecule has 154 valence electrons. The first-order valence-electron chi connectivity index (χ1n) is 9.60. The minimum atomic E-state index is -4.54. The van der Waals surface area contributed by atoms with E-state index in [1.807, 2.05) is 0 Å². The van der Waals surface area contributed by atoms with Gasteiger partial charge in [-0.25, -0.2) is 9.50 Å². The Hall–Kier alpha value is -2.91. The van der Waals surface area contributed by atoms with E-state index in [-0.39, 0.29) is 24.0 Å². The second-order valence-electron chi connectivity index (χ2n) is 7.09. The molecule has 1 aliphatic rings. The molecule has 10 heteroatoms. The molecule has 1 amide bonds. The number of carbonyl (C=O) groups excluding carboxylic acids is 1. The van der Waals surface area contributed by atoms with Crippen LogP contribution in [-0.2, 0) is 23.9 Å². The van der Waals surface area contributed by atoms with Crippen LogP contribution in [0.4, 0.5) is 13.2 Å². The molecule has 1 aliphatic heterocycles. The maximum atomic E-state index is 13.5. The summed E-state index contributed by atoms with van der Waals surface area (Å²) < 4.78 is 43.0. The van der Waals surface area contributed by atoms with E-state index in [9.17, 15) is 18.0 Å². The molecule has 0 radical (unpaired) electrons. The van der Waals surface area contributed by atoms with Crippen LogP contribution < -0.4 is 0 Å². The Morgan fingerprint density at radius 1 is 1.31 bits per heavy atom. The van der Waals surface area contributed by atoms with E-state index < -0.39 is 11.9 Å². The number of hydrogen-bond acceptors (Lipinski definition) is 4. The topological polar surface area (TPSA) is 68.3 Å². The van der Waals surface area contributed by atoms with Crippen molar-refractivity contribution in [2.45, 2.75) is 51.4 Å². The first-order valence-corrected chi connectivity index (χ1v) is 9.60. The molecule has 0 bridgehead atoms. The molecular weight excluding hydrogens is 385 g/mol. The summed E-state index contributed by atoms with van der Waals surface area (Å²) in [5.41, 5.74) is 0.110. The number of likely N-dealkylation sites (tertiary alicyclic amines) is 1. The first-order chi connectivity index (χ1) is 13.9. The van der Waals surface area contributed by atoms with Crippen LogP contribution in [0.25, 0.3) is 5.65 Å². The zero-order valence-corrected chi connectivity index (χ0v) is 15.9. The molecule has 0 aromatic carbocycles. The number of aromatic nitrogens is 5. The van der Waals surface area contributed by atoms with Gasteiger partial charge in [-0.1, -0.05) is 6.92 Å². The summed E-state index contributed by atoms with van der Waals surface area (Å²) in [6, 6.07) is 4.05. The van der Waals surface area contributed by atoms with Crippen LogP contribution in [0.5, 0.6) is 0 Å². The number of aryl methyl sites for hydroxylation is 2. The molecule has 0 N–H and O–H groups in total. The van der Waals surface area contributed by atoms with Crippen LogP contribution in [-0.4, -0.2) is 41.7 Å². The molecule has 4 rings (SSSR count). The standard InChI is InChI=1S/C19H21F3N6O/c1-2-13-11-16(19(20,21)22)28-17(24-13)12-14(25-28)15-5-3-9-27(15)18(29)6-10-26-8-4-7-23-26/h4,7-8,11-12,15H,2-3,5-6,9-10H2,1H3/t15-/m0/s1. The van der Waals surface area contributed by atoms with Gasteiger partial charge >= 0.3 is 6.18 Å². The monoisotopic (exact) mass is 406 g/mol. The molecular formula is C19H21F3N6O. The molecule has 0 aliphatic carbocycles. The molecule has 29 heavy (non-hydrogen) atoms. The van der Waals surface area contributed by atoms with Crippen molar-refractivity contribution in [2.24, 2.45) is 0 Å².